The number of hydrogen-bond donors (Lipinski definition) is 1. The van der Waals surface area contributed by atoms with Crippen LogP contribution in [0.4, 0.5) is 10.1 Å². The molecule has 0 aromatic heterocycles. The van der Waals surface area contributed by atoms with E-state index in [1.807, 2.05) is 0 Å². The average molecular weight is 317 g/mol. The number of nitrogens with zero attached hydrogens (tertiary/aromatic N) is 2. The summed E-state index contributed by atoms with van der Waals surface area (Å²) in [5.41, 5.74) is 0.437. The molecule has 1 rings (SSSR count). The predicted octanol–water partition coefficient (Wildman–Crippen LogP) is 1.83. The zero-order valence-corrected chi connectivity index (χ0v) is 13.7. The van der Waals surface area contributed by atoms with Gasteiger partial charge in [0, 0.05) is 20.6 Å². The molecule has 120 valence electrons. The van der Waals surface area contributed by atoms with Gasteiger partial charge in [-0.05, 0) is 50.2 Å². The lowest BCUT2D eigenvalue weighted by Gasteiger charge is -2.26. The summed E-state index contributed by atoms with van der Waals surface area (Å²) >= 11 is 0. The number of halogens is 1. The van der Waals surface area contributed by atoms with Crippen LogP contribution in [0.5, 0.6) is 0 Å². The lowest BCUT2D eigenvalue weighted by atomic mass is 10.3. The highest BCUT2D eigenvalue weighted by atomic mass is 32.2. The fourth-order valence-electron chi connectivity index (χ4n) is 1.84. The van der Waals surface area contributed by atoms with Crippen molar-refractivity contribution in [3.05, 3.63) is 30.1 Å². The minimum atomic E-state index is -3.58. The fourth-order valence-corrected chi connectivity index (χ4v) is 3.00. The number of benzene rings is 1. The van der Waals surface area contributed by atoms with Crippen LogP contribution in [0, 0.1) is 5.82 Å². The van der Waals surface area contributed by atoms with Crippen molar-refractivity contribution in [2.75, 3.05) is 38.0 Å². The van der Waals surface area contributed by atoms with E-state index < -0.39 is 10.2 Å². The van der Waals surface area contributed by atoms with Crippen LogP contribution in [0.25, 0.3) is 0 Å². The van der Waals surface area contributed by atoms with Crippen molar-refractivity contribution >= 4 is 15.9 Å². The number of anilines is 1. The molecule has 0 heterocycles. The Labute approximate surface area is 126 Å². The van der Waals surface area contributed by atoms with E-state index in [1.165, 1.54) is 35.6 Å². The normalized spacial score (nSPS) is 11.9. The van der Waals surface area contributed by atoms with Gasteiger partial charge in [0.25, 0.3) is 0 Å². The molecule has 0 amide bonds. The summed E-state index contributed by atoms with van der Waals surface area (Å²) in [6, 6.07) is 5.39. The molecule has 1 N–H and O–H groups in total. The van der Waals surface area contributed by atoms with E-state index in [0.29, 0.717) is 12.2 Å². The second-order valence-electron chi connectivity index (χ2n) is 4.88. The molecule has 7 heteroatoms. The van der Waals surface area contributed by atoms with Gasteiger partial charge >= 0.3 is 10.2 Å². The van der Waals surface area contributed by atoms with Gasteiger partial charge in [0.15, 0.2) is 0 Å². The topological polar surface area (TPSA) is 52.7 Å². The molecule has 0 saturated heterocycles. The molecular formula is C14H24FN3O2S. The lowest BCUT2D eigenvalue weighted by Crippen LogP contribution is -2.40. The first-order valence-corrected chi connectivity index (χ1v) is 8.45. The SMILES string of the molecule is CCCNCCCN(C)S(=O)(=O)N(C)c1ccc(F)cc1. The number of hydrogen-bond acceptors (Lipinski definition) is 3. The van der Waals surface area contributed by atoms with E-state index in [-0.39, 0.29) is 5.82 Å². The molecule has 0 aliphatic carbocycles. The standard InChI is InChI=1S/C14H24FN3O2S/c1-4-10-16-11-5-12-17(2)21(19,20)18(3)14-8-6-13(15)7-9-14/h6-9,16H,4-5,10-12H2,1-3H3. The van der Waals surface area contributed by atoms with Gasteiger partial charge < -0.3 is 5.32 Å². The van der Waals surface area contributed by atoms with Gasteiger partial charge in [0.05, 0.1) is 5.69 Å². The lowest BCUT2D eigenvalue weighted by molar-refractivity contribution is 0.453. The van der Waals surface area contributed by atoms with Crippen LogP contribution >= 0.6 is 0 Å². The number of nitrogens with one attached hydrogen (secondary N) is 1. The van der Waals surface area contributed by atoms with Crippen LogP contribution in [0.1, 0.15) is 19.8 Å². The van der Waals surface area contributed by atoms with Gasteiger partial charge in [-0.3, -0.25) is 4.31 Å². The molecule has 5 nitrogen and oxygen atoms in total. The molecule has 0 unspecified atom stereocenters. The molecule has 21 heavy (non-hydrogen) atoms. The first kappa shape index (κ1) is 17.9. The zero-order valence-electron chi connectivity index (χ0n) is 12.8. The third-order valence-electron chi connectivity index (χ3n) is 3.18. The second-order valence-corrected chi connectivity index (χ2v) is 6.94. The predicted molar refractivity (Wildman–Crippen MR) is 84.1 cm³/mol. The fraction of sp³-hybridized carbons (Fsp3) is 0.571. The van der Waals surface area contributed by atoms with Crippen LogP contribution in [-0.2, 0) is 10.2 Å². The summed E-state index contributed by atoms with van der Waals surface area (Å²) < 4.78 is 40.1. The Hall–Kier alpha value is -1.18. The molecule has 0 atom stereocenters. The molecule has 1 aromatic rings. The first-order chi connectivity index (χ1) is 9.89. The van der Waals surface area contributed by atoms with Gasteiger partial charge in [-0.15, -0.1) is 0 Å². The zero-order chi connectivity index (χ0) is 15.9. The molecule has 0 bridgehead atoms. The maximum Gasteiger partial charge on any atom is 0.303 e. The third kappa shape index (κ3) is 5.26. The second kappa shape index (κ2) is 8.31. The Bertz CT molecular complexity index is 520. The highest BCUT2D eigenvalue weighted by molar-refractivity contribution is 7.90. The van der Waals surface area contributed by atoms with Crippen molar-refractivity contribution in [1.82, 2.24) is 9.62 Å². The minimum absolute atomic E-state index is 0.389. The van der Waals surface area contributed by atoms with Crippen LogP contribution in [0.2, 0.25) is 0 Å². The third-order valence-corrected chi connectivity index (χ3v) is 5.06. The summed E-state index contributed by atoms with van der Waals surface area (Å²) in [7, 11) is -0.564. The molecule has 1 aromatic carbocycles. The van der Waals surface area contributed by atoms with E-state index >= 15 is 0 Å². The van der Waals surface area contributed by atoms with Crippen LogP contribution in [0.15, 0.2) is 24.3 Å². The van der Waals surface area contributed by atoms with E-state index in [9.17, 15) is 12.8 Å². The van der Waals surface area contributed by atoms with Crippen molar-refractivity contribution in [3.63, 3.8) is 0 Å². The Morgan fingerprint density at radius 3 is 2.33 bits per heavy atom. The summed E-state index contributed by atoms with van der Waals surface area (Å²) in [4.78, 5) is 0. The van der Waals surface area contributed by atoms with Crippen molar-refractivity contribution in [2.24, 2.45) is 0 Å². The summed E-state index contributed by atoms with van der Waals surface area (Å²) in [6.07, 6.45) is 1.80. The van der Waals surface area contributed by atoms with E-state index in [0.717, 1.165) is 30.2 Å². The molecule has 0 aliphatic heterocycles. The smallest absolute Gasteiger partial charge is 0.303 e. The maximum atomic E-state index is 12.9. The molecule has 0 saturated carbocycles. The molecule has 0 radical (unpaired) electrons. The van der Waals surface area contributed by atoms with Crippen LogP contribution < -0.4 is 9.62 Å². The minimum Gasteiger partial charge on any atom is -0.317 e. The molecule has 0 spiro atoms. The molecule has 0 aliphatic rings. The van der Waals surface area contributed by atoms with Gasteiger partial charge in [-0.25, -0.2) is 4.39 Å². The Morgan fingerprint density at radius 2 is 1.76 bits per heavy atom. The van der Waals surface area contributed by atoms with Crippen LogP contribution in [-0.4, -0.2) is 46.5 Å². The van der Waals surface area contributed by atoms with E-state index in [4.69, 9.17) is 0 Å². The Morgan fingerprint density at radius 1 is 1.14 bits per heavy atom. The van der Waals surface area contributed by atoms with Crippen LogP contribution in [0.3, 0.4) is 0 Å². The van der Waals surface area contributed by atoms with Crippen molar-refractivity contribution in [3.8, 4) is 0 Å². The van der Waals surface area contributed by atoms with Crippen molar-refractivity contribution < 1.29 is 12.8 Å². The first-order valence-electron chi connectivity index (χ1n) is 7.06. The Kier molecular flexibility index (Phi) is 7.07. The highest BCUT2D eigenvalue weighted by Crippen LogP contribution is 2.18. The molecule has 0 fully saturated rings. The molecular weight excluding hydrogens is 293 g/mol. The monoisotopic (exact) mass is 317 g/mol. The maximum absolute atomic E-state index is 12.9. The van der Waals surface area contributed by atoms with Gasteiger partial charge in [0.2, 0.25) is 0 Å². The van der Waals surface area contributed by atoms with Crippen molar-refractivity contribution in [1.29, 1.82) is 0 Å². The van der Waals surface area contributed by atoms with Gasteiger partial charge in [-0.2, -0.15) is 12.7 Å². The number of rotatable bonds is 9. The largest absolute Gasteiger partial charge is 0.317 e. The van der Waals surface area contributed by atoms with E-state index in [2.05, 4.69) is 12.2 Å². The average Bonchev–Trinajstić information content (AvgIpc) is 2.46. The quantitative estimate of drug-likeness (QED) is 0.707. The summed E-state index contributed by atoms with van der Waals surface area (Å²) in [5.74, 6) is -0.389. The summed E-state index contributed by atoms with van der Waals surface area (Å²) in [5, 5.41) is 3.23. The van der Waals surface area contributed by atoms with Crippen molar-refractivity contribution in [2.45, 2.75) is 19.8 Å². The van der Waals surface area contributed by atoms with Gasteiger partial charge in [0.1, 0.15) is 5.82 Å². The Balaban J connectivity index is 2.60. The highest BCUT2D eigenvalue weighted by Gasteiger charge is 2.23. The summed E-state index contributed by atoms with van der Waals surface area (Å²) in [6.45, 7) is 4.24. The van der Waals surface area contributed by atoms with Gasteiger partial charge in [-0.1, -0.05) is 6.92 Å². The van der Waals surface area contributed by atoms with E-state index in [1.54, 1.807) is 7.05 Å².